The molecule has 2 N–H and O–H groups in total. The van der Waals surface area contributed by atoms with Crippen LogP contribution in [0.4, 0.5) is 5.69 Å². The number of para-hydroxylation sites is 1. The summed E-state index contributed by atoms with van der Waals surface area (Å²) in [6.07, 6.45) is 1.02. The number of piperazine rings is 1. The molecular weight excluding hydrogens is 548 g/mol. The Hall–Kier alpha value is -4.95. The van der Waals surface area contributed by atoms with Crippen LogP contribution in [-0.4, -0.2) is 50.6 Å². The SMILES string of the molecule is CCc1ccc(-c2nc3c(N4CCN(Cc5ccc6c(c5)[nH]c(=O)c(=O)n6C(C)c5ccccc5)CC4)cccc3[nH]2)cc1. The van der Waals surface area contributed by atoms with Crippen molar-refractivity contribution >= 4 is 27.8 Å². The van der Waals surface area contributed by atoms with Crippen molar-refractivity contribution in [3.05, 3.63) is 128 Å². The molecule has 44 heavy (non-hydrogen) atoms. The largest absolute Gasteiger partial charge is 0.367 e. The molecule has 222 valence electrons. The lowest BCUT2D eigenvalue weighted by Gasteiger charge is -2.36. The number of aryl methyl sites for hydroxylation is 1. The number of aromatic nitrogens is 4. The number of fused-ring (bicyclic) bond motifs is 2. The third kappa shape index (κ3) is 5.22. The van der Waals surface area contributed by atoms with Gasteiger partial charge in [0.1, 0.15) is 11.3 Å². The van der Waals surface area contributed by atoms with Crippen molar-refractivity contribution in [1.29, 1.82) is 0 Å². The predicted octanol–water partition coefficient (Wildman–Crippen LogP) is 5.73. The van der Waals surface area contributed by atoms with Crippen molar-refractivity contribution in [2.75, 3.05) is 31.1 Å². The molecule has 0 bridgehead atoms. The Bertz CT molecular complexity index is 2050. The first-order chi connectivity index (χ1) is 21.5. The van der Waals surface area contributed by atoms with Crippen molar-refractivity contribution in [1.82, 2.24) is 24.4 Å². The predicted molar refractivity (Wildman–Crippen MR) is 177 cm³/mol. The monoisotopic (exact) mass is 584 g/mol. The summed E-state index contributed by atoms with van der Waals surface area (Å²) in [6.45, 7) is 8.49. The van der Waals surface area contributed by atoms with Crippen LogP contribution in [-0.2, 0) is 13.0 Å². The number of imidazole rings is 1. The van der Waals surface area contributed by atoms with Gasteiger partial charge in [0, 0.05) is 38.3 Å². The number of nitrogens with one attached hydrogen (secondary N) is 2. The van der Waals surface area contributed by atoms with E-state index in [2.05, 4.69) is 75.2 Å². The van der Waals surface area contributed by atoms with Gasteiger partial charge < -0.3 is 14.9 Å². The van der Waals surface area contributed by atoms with Gasteiger partial charge in [0.15, 0.2) is 0 Å². The Kier molecular flexibility index (Phi) is 7.36. The van der Waals surface area contributed by atoms with E-state index in [9.17, 15) is 9.59 Å². The van der Waals surface area contributed by atoms with E-state index in [4.69, 9.17) is 4.98 Å². The second-order valence-electron chi connectivity index (χ2n) is 11.6. The molecule has 0 saturated carbocycles. The molecule has 3 heterocycles. The molecule has 2 aromatic heterocycles. The zero-order valence-electron chi connectivity index (χ0n) is 25.1. The molecule has 1 aliphatic heterocycles. The van der Waals surface area contributed by atoms with Gasteiger partial charge in [-0.3, -0.25) is 19.1 Å². The molecule has 0 amide bonds. The summed E-state index contributed by atoms with van der Waals surface area (Å²) < 4.78 is 1.60. The van der Waals surface area contributed by atoms with Crippen LogP contribution in [0.1, 0.15) is 36.6 Å². The number of nitrogens with zero attached hydrogens (tertiary/aromatic N) is 4. The minimum absolute atomic E-state index is 0.260. The summed E-state index contributed by atoms with van der Waals surface area (Å²) in [5.74, 6) is 0.895. The molecule has 4 aromatic carbocycles. The van der Waals surface area contributed by atoms with E-state index in [1.54, 1.807) is 4.57 Å². The number of aromatic amines is 2. The van der Waals surface area contributed by atoms with Crippen molar-refractivity contribution in [2.24, 2.45) is 0 Å². The van der Waals surface area contributed by atoms with Crippen LogP contribution < -0.4 is 16.0 Å². The lowest BCUT2D eigenvalue weighted by atomic mass is 10.1. The van der Waals surface area contributed by atoms with Gasteiger partial charge in [-0.15, -0.1) is 0 Å². The fourth-order valence-corrected chi connectivity index (χ4v) is 6.36. The third-order valence-electron chi connectivity index (χ3n) is 8.90. The first kappa shape index (κ1) is 27.9. The molecule has 0 aliphatic carbocycles. The van der Waals surface area contributed by atoms with E-state index < -0.39 is 11.1 Å². The van der Waals surface area contributed by atoms with Crippen LogP contribution >= 0.6 is 0 Å². The summed E-state index contributed by atoms with van der Waals surface area (Å²) in [5, 5.41) is 0. The molecule has 0 radical (unpaired) electrons. The first-order valence-electron chi connectivity index (χ1n) is 15.4. The number of H-pyrrole nitrogens is 2. The van der Waals surface area contributed by atoms with Crippen molar-refractivity contribution < 1.29 is 0 Å². The Morgan fingerprint density at radius 1 is 0.795 bits per heavy atom. The van der Waals surface area contributed by atoms with Crippen LogP contribution in [0.25, 0.3) is 33.5 Å². The van der Waals surface area contributed by atoms with Crippen molar-refractivity contribution in [2.45, 2.75) is 32.9 Å². The second-order valence-corrected chi connectivity index (χ2v) is 11.6. The Morgan fingerprint density at radius 3 is 2.30 bits per heavy atom. The highest BCUT2D eigenvalue weighted by Crippen LogP contribution is 2.30. The van der Waals surface area contributed by atoms with Crippen LogP contribution in [0.15, 0.2) is 101 Å². The lowest BCUT2D eigenvalue weighted by molar-refractivity contribution is 0.250. The van der Waals surface area contributed by atoms with E-state index >= 15 is 0 Å². The van der Waals surface area contributed by atoms with Gasteiger partial charge in [0.05, 0.1) is 28.3 Å². The molecule has 6 aromatic rings. The number of anilines is 1. The van der Waals surface area contributed by atoms with E-state index in [0.717, 1.165) is 83.9 Å². The quantitative estimate of drug-likeness (QED) is 0.234. The Balaban J connectivity index is 1.08. The molecular formula is C36H36N6O2. The van der Waals surface area contributed by atoms with E-state index in [1.807, 2.05) is 49.4 Å². The average molecular weight is 585 g/mol. The maximum atomic E-state index is 12.9. The van der Waals surface area contributed by atoms with Gasteiger partial charge in [0.2, 0.25) is 0 Å². The fraction of sp³-hybridized carbons (Fsp3) is 0.250. The fourth-order valence-electron chi connectivity index (χ4n) is 6.36. The standard InChI is InChI=1S/C36H36N6O2/c1-3-25-12-15-28(16-13-25)34-37-29-10-7-11-32(33(29)39-34)41-20-18-40(19-21-41)23-26-14-17-31-30(22-26)38-35(43)36(44)42(31)24(2)27-8-5-4-6-9-27/h4-17,22,24H,3,18-21,23H2,1-2H3,(H,37,39)(H,38,43). The summed E-state index contributed by atoms with van der Waals surface area (Å²) >= 11 is 0. The first-order valence-corrected chi connectivity index (χ1v) is 15.4. The molecule has 1 fully saturated rings. The zero-order chi connectivity index (χ0) is 30.2. The molecule has 1 unspecified atom stereocenters. The van der Waals surface area contributed by atoms with Crippen LogP contribution in [0.5, 0.6) is 0 Å². The Morgan fingerprint density at radius 2 is 1.55 bits per heavy atom. The van der Waals surface area contributed by atoms with Gasteiger partial charge in [-0.2, -0.15) is 0 Å². The Labute approximate surface area is 255 Å². The second kappa shape index (κ2) is 11.6. The highest BCUT2D eigenvalue weighted by Gasteiger charge is 2.21. The molecule has 1 atom stereocenters. The average Bonchev–Trinajstić information content (AvgIpc) is 3.51. The lowest BCUT2D eigenvalue weighted by Crippen LogP contribution is -2.46. The molecule has 8 nitrogen and oxygen atoms in total. The topological polar surface area (TPSA) is 90.0 Å². The molecule has 8 heteroatoms. The zero-order valence-corrected chi connectivity index (χ0v) is 25.1. The van der Waals surface area contributed by atoms with Crippen molar-refractivity contribution in [3.8, 4) is 11.4 Å². The summed E-state index contributed by atoms with van der Waals surface area (Å²) in [7, 11) is 0. The smallest absolute Gasteiger partial charge is 0.317 e. The highest BCUT2D eigenvalue weighted by atomic mass is 16.2. The van der Waals surface area contributed by atoms with E-state index in [-0.39, 0.29) is 6.04 Å². The molecule has 0 spiro atoms. The highest BCUT2D eigenvalue weighted by molar-refractivity contribution is 5.91. The number of hydrogen-bond acceptors (Lipinski definition) is 5. The molecule has 1 saturated heterocycles. The van der Waals surface area contributed by atoms with E-state index in [0.29, 0.717) is 5.52 Å². The molecule has 7 rings (SSSR count). The van der Waals surface area contributed by atoms with Gasteiger partial charge in [-0.05, 0) is 54.3 Å². The summed E-state index contributed by atoms with van der Waals surface area (Å²) in [6, 6.07) is 30.6. The minimum atomic E-state index is -0.597. The van der Waals surface area contributed by atoms with Crippen molar-refractivity contribution in [3.63, 3.8) is 0 Å². The number of hydrogen-bond donors (Lipinski definition) is 2. The van der Waals surface area contributed by atoms with Crippen LogP contribution in [0.2, 0.25) is 0 Å². The van der Waals surface area contributed by atoms with Gasteiger partial charge in [-0.25, -0.2) is 4.98 Å². The maximum absolute atomic E-state index is 12.9. The number of benzene rings is 4. The van der Waals surface area contributed by atoms with Crippen LogP contribution in [0, 0.1) is 0 Å². The number of rotatable bonds is 7. The third-order valence-corrected chi connectivity index (χ3v) is 8.90. The maximum Gasteiger partial charge on any atom is 0.317 e. The van der Waals surface area contributed by atoms with Gasteiger partial charge in [-0.1, -0.05) is 73.7 Å². The van der Waals surface area contributed by atoms with E-state index in [1.165, 1.54) is 5.56 Å². The normalized spacial score (nSPS) is 14.8. The van der Waals surface area contributed by atoms with Crippen LogP contribution in [0.3, 0.4) is 0 Å². The van der Waals surface area contributed by atoms with Gasteiger partial charge in [0.25, 0.3) is 0 Å². The summed E-state index contributed by atoms with van der Waals surface area (Å²) in [5.41, 5.74) is 7.98. The van der Waals surface area contributed by atoms with Gasteiger partial charge >= 0.3 is 11.1 Å². The minimum Gasteiger partial charge on any atom is -0.367 e. The molecule has 1 aliphatic rings. The summed E-state index contributed by atoms with van der Waals surface area (Å²) in [4.78, 5) is 41.8.